The maximum Gasteiger partial charge on any atom is 0.0552 e. The second-order valence-corrected chi connectivity index (χ2v) is 19.7. The van der Waals surface area contributed by atoms with Crippen molar-refractivity contribution in [3.05, 3.63) is 230 Å². The molecule has 0 N–H and O–H groups in total. The highest BCUT2D eigenvalue weighted by Gasteiger charge is 2.37. The van der Waals surface area contributed by atoms with Gasteiger partial charge in [-0.2, -0.15) is 0 Å². The molecule has 2 heterocycles. The van der Waals surface area contributed by atoms with Gasteiger partial charge in [-0.3, -0.25) is 0 Å². The van der Waals surface area contributed by atoms with Crippen molar-refractivity contribution in [1.82, 2.24) is 9.13 Å². The fourth-order valence-corrected chi connectivity index (χ4v) is 14.2. The molecule has 3 heteroatoms. The summed E-state index contributed by atoms with van der Waals surface area (Å²) in [5.41, 5.74) is 12.6. The van der Waals surface area contributed by atoms with Gasteiger partial charge in [-0.1, -0.05) is 141 Å². The molecule has 0 radical (unpaired) electrons. The summed E-state index contributed by atoms with van der Waals surface area (Å²) < 4.78 is 4.96. The van der Waals surface area contributed by atoms with Gasteiger partial charge >= 0.3 is 0 Å². The normalized spacial score (nSPS) is 13.6. The molecule has 0 saturated carbocycles. The molecule has 0 bridgehead atoms. The first-order valence-corrected chi connectivity index (χ1v) is 22.5. The molecule has 11 aromatic rings. The molecule has 1 aliphatic rings. The van der Waals surface area contributed by atoms with Gasteiger partial charge in [0.1, 0.15) is 0 Å². The van der Waals surface area contributed by atoms with Crippen LogP contribution in [-0.4, -0.2) is 9.13 Å². The molecule has 0 aliphatic heterocycles. The summed E-state index contributed by atoms with van der Waals surface area (Å²) in [4.78, 5) is 5.18. The minimum Gasteiger partial charge on any atom is -0.309 e. The van der Waals surface area contributed by atoms with Crippen molar-refractivity contribution < 1.29 is 0 Å². The highest BCUT2D eigenvalue weighted by Crippen LogP contribution is 2.74. The summed E-state index contributed by atoms with van der Waals surface area (Å²) in [5.74, 6) is 0. The molecule has 0 saturated heterocycles. The average Bonchev–Trinajstić information content (AvgIpc) is 3.89. The Balaban J connectivity index is 1.16. The summed E-state index contributed by atoms with van der Waals surface area (Å²) in [6.45, 7) is 4.75. The van der Waals surface area contributed by atoms with Crippen LogP contribution in [0.1, 0.15) is 25.0 Å². The number of nitrogens with zero attached hydrogens (tertiary/aromatic N) is 2. The molecule has 12 rings (SSSR count). The van der Waals surface area contributed by atoms with Crippen LogP contribution in [0, 0.1) is 0 Å². The third-order valence-electron chi connectivity index (χ3n) is 13.0. The van der Waals surface area contributed by atoms with Crippen LogP contribution in [0.2, 0.25) is 0 Å². The van der Waals surface area contributed by atoms with Crippen LogP contribution in [-0.2, 0) is 5.41 Å². The highest BCUT2D eigenvalue weighted by molar-refractivity contribution is 8.34. The lowest BCUT2D eigenvalue weighted by Crippen LogP contribution is -2.14. The average molecular weight is 787 g/mol. The number of aromatic nitrogens is 2. The van der Waals surface area contributed by atoms with E-state index < -0.39 is 10.0 Å². The summed E-state index contributed by atoms with van der Waals surface area (Å²) in [5, 5.41) is 5.08. The second kappa shape index (κ2) is 13.2. The molecule has 0 unspecified atom stereocenters. The Kier molecular flexibility index (Phi) is 7.70. The lowest BCUT2D eigenvalue weighted by Gasteiger charge is -2.42. The van der Waals surface area contributed by atoms with Crippen molar-refractivity contribution in [1.29, 1.82) is 0 Å². The fourth-order valence-electron chi connectivity index (χ4n) is 10.3. The molecular weight excluding hydrogens is 745 g/mol. The summed E-state index contributed by atoms with van der Waals surface area (Å²) in [7, 11) is -2.05. The van der Waals surface area contributed by atoms with Gasteiger partial charge < -0.3 is 9.13 Å². The number of fused-ring (bicyclic) bond motifs is 9. The maximum atomic E-state index is 2.51. The van der Waals surface area contributed by atoms with Crippen LogP contribution < -0.4 is 0 Å². The van der Waals surface area contributed by atoms with E-state index in [0.29, 0.717) is 0 Å². The second-order valence-electron chi connectivity index (χ2n) is 16.5. The lowest BCUT2D eigenvalue weighted by atomic mass is 9.82. The van der Waals surface area contributed by atoms with Crippen molar-refractivity contribution in [3.63, 3.8) is 0 Å². The first kappa shape index (κ1) is 34.9. The Morgan fingerprint density at radius 3 is 1.52 bits per heavy atom. The van der Waals surface area contributed by atoms with Crippen LogP contribution in [0.5, 0.6) is 0 Å². The largest absolute Gasteiger partial charge is 0.309 e. The standard InChI is InChI=1S/C57H42N2S/c1-57(2)51-30-15-12-27-45(51)49-38-56-50(37-52(49)57)47-29-14-17-32-54(47)59(56)40-21-18-26-43(35-40)60(41-22-8-4-9-23-41,42-24-10-5-11-25-42)44-33-34-48-46-28-13-16-31-53(46)58(55(48)36-44)39-19-6-3-7-20-39/h3-38H,1-2H3. The van der Waals surface area contributed by atoms with Gasteiger partial charge in [0.05, 0.1) is 22.1 Å². The Hall–Kier alpha value is -7.07. The van der Waals surface area contributed by atoms with E-state index in [0.717, 1.165) is 11.4 Å². The van der Waals surface area contributed by atoms with Gasteiger partial charge in [0.15, 0.2) is 0 Å². The SMILES string of the molecule is CC1(C)c2ccccc2-c2cc3c(cc21)c1ccccc1n3-c1cccc(S(c2ccccc2)(c2ccccc2)c2ccc3c4ccccc4n(-c4ccccc4)c3c2)c1. The monoisotopic (exact) mass is 786 g/mol. The van der Waals surface area contributed by atoms with Crippen LogP contribution >= 0.6 is 10.0 Å². The van der Waals surface area contributed by atoms with Crippen molar-refractivity contribution in [2.24, 2.45) is 0 Å². The van der Waals surface area contributed by atoms with Crippen LogP contribution in [0.3, 0.4) is 0 Å². The number of rotatable bonds is 6. The Bertz CT molecular complexity index is 3410. The summed E-state index contributed by atoms with van der Waals surface area (Å²) in [6.07, 6.45) is 0. The topological polar surface area (TPSA) is 9.86 Å². The first-order chi connectivity index (χ1) is 29.5. The van der Waals surface area contributed by atoms with Crippen LogP contribution in [0.25, 0.3) is 66.1 Å². The Labute approximate surface area is 351 Å². The minimum atomic E-state index is -2.05. The number of para-hydroxylation sites is 3. The molecule has 0 atom stereocenters. The van der Waals surface area contributed by atoms with Gasteiger partial charge in [-0.15, -0.1) is 10.0 Å². The van der Waals surface area contributed by atoms with E-state index in [-0.39, 0.29) is 5.41 Å². The maximum absolute atomic E-state index is 2.51. The zero-order chi connectivity index (χ0) is 40.0. The predicted octanol–water partition coefficient (Wildman–Crippen LogP) is 15.5. The Morgan fingerprint density at radius 1 is 0.317 bits per heavy atom. The van der Waals surface area contributed by atoms with Gasteiger partial charge in [0.25, 0.3) is 0 Å². The van der Waals surface area contributed by atoms with Crippen molar-refractivity contribution in [2.45, 2.75) is 38.8 Å². The molecule has 2 nitrogen and oxygen atoms in total. The molecule has 286 valence electrons. The highest BCUT2D eigenvalue weighted by atomic mass is 32.3. The van der Waals surface area contributed by atoms with Crippen LogP contribution in [0.15, 0.2) is 238 Å². The molecule has 60 heavy (non-hydrogen) atoms. The van der Waals surface area contributed by atoms with Gasteiger partial charge in [0.2, 0.25) is 0 Å². The zero-order valence-corrected chi connectivity index (χ0v) is 34.4. The predicted molar refractivity (Wildman–Crippen MR) is 253 cm³/mol. The van der Waals surface area contributed by atoms with Gasteiger partial charge in [-0.25, -0.2) is 0 Å². The van der Waals surface area contributed by atoms with Crippen LogP contribution in [0.4, 0.5) is 0 Å². The number of benzene rings is 9. The lowest BCUT2D eigenvalue weighted by molar-refractivity contribution is 0.661. The van der Waals surface area contributed by atoms with Crippen molar-refractivity contribution in [3.8, 4) is 22.5 Å². The molecule has 0 fully saturated rings. The fraction of sp³-hybridized carbons (Fsp3) is 0.0526. The molecular formula is C57H42N2S. The smallest absolute Gasteiger partial charge is 0.0552 e. The number of hydrogen-bond acceptors (Lipinski definition) is 0. The van der Waals surface area contributed by atoms with Gasteiger partial charge in [0, 0.05) is 57.9 Å². The van der Waals surface area contributed by atoms with Gasteiger partial charge in [-0.05, 0) is 113 Å². The Morgan fingerprint density at radius 2 is 0.817 bits per heavy atom. The number of hydrogen-bond donors (Lipinski definition) is 0. The van der Waals surface area contributed by atoms with E-state index in [1.807, 2.05) is 0 Å². The van der Waals surface area contributed by atoms with Crippen molar-refractivity contribution >= 4 is 53.6 Å². The van der Waals surface area contributed by atoms with E-state index in [2.05, 4.69) is 241 Å². The van der Waals surface area contributed by atoms with Crippen molar-refractivity contribution in [2.75, 3.05) is 0 Å². The molecule has 0 spiro atoms. The van der Waals surface area contributed by atoms with E-state index >= 15 is 0 Å². The minimum absolute atomic E-state index is 0.0785. The summed E-state index contributed by atoms with van der Waals surface area (Å²) >= 11 is 0. The molecule has 2 aromatic heterocycles. The van der Waals surface area contributed by atoms with E-state index in [9.17, 15) is 0 Å². The van der Waals surface area contributed by atoms with E-state index in [1.165, 1.54) is 85.4 Å². The zero-order valence-electron chi connectivity index (χ0n) is 33.6. The van der Waals surface area contributed by atoms with E-state index in [4.69, 9.17) is 0 Å². The third-order valence-corrected chi connectivity index (χ3v) is 16.9. The molecule has 1 aliphatic carbocycles. The third kappa shape index (κ3) is 4.90. The van der Waals surface area contributed by atoms with E-state index in [1.54, 1.807) is 0 Å². The first-order valence-electron chi connectivity index (χ1n) is 20.8. The molecule has 9 aromatic carbocycles. The molecule has 0 amide bonds. The summed E-state index contributed by atoms with van der Waals surface area (Å²) in [6, 6.07) is 81.7. The quantitative estimate of drug-likeness (QED) is 0.159.